The zero-order valence-electron chi connectivity index (χ0n) is 21.8. The van der Waals surface area contributed by atoms with E-state index in [1.165, 1.54) is 29.3 Å². The van der Waals surface area contributed by atoms with Gasteiger partial charge >= 0.3 is 11.9 Å². The molecule has 38 heavy (non-hydrogen) atoms. The van der Waals surface area contributed by atoms with Crippen molar-refractivity contribution in [2.45, 2.75) is 77.9 Å². The predicted octanol–water partition coefficient (Wildman–Crippen LogP) is 4.87. The first kappa shape index (κ1) is 26.6. The number of aryl methyl sites for hydroxylation is 1. The smallest absolute Gasteiger partial charge is 0.348 e. The van der Waals surface area contributed by atoms with Gasteiger partial charge < -0.3 is 14.8 Å². The minimum atomic E-state index is -0.478. The van der Waals surface area contributed by atoms with Gasteiger partial charge in [0.1, 0.15) is 27.4 Å². The van der Waals surface area contributed by atoms with Crippen molar-refractivity contribution < 1.29 is 23.9 Å². The van der Waals surface area contributed by atoms with Crippen molar-refractivity contribution in [1.82, 2.24) is 9.55 Å². The van der Waals surface area contributed by atoms with Crippen LogP contribution in [0.5, 0.6) is 0 Å². The number of rotatable bonds is 6. The summed E-state index contributed by atoms with van der Waals surface area (Å²) < 4.78 is 11.9. The highest BCUT2D eigenvalue weighted by Crippen LogP contribution is 2.40. The van der Waals surface area contributed by atoms with Crippen LogP contribution in [-0.2, 0) is 33.7 Å². The molecule has 0 aromatic carbocycles. The van der Waals surface area contributed by atoms with E-state index in [2.05, 4.69) is 17.2 Å². The fraction of sp³-hybridized carbons (Fsp3) is 0.519. The van der Waals surface area contributed by atoms with Crippen molar-refractivity contribution in [3.63, 3.8) is 0 Å². The molecule has 0 bridgehead atoms. The Balaban J connectivity index is 1.36. The number of ether oxygens (including phenoxy) is 2. The van der Waals surface area contributed by atoms with Gasteiger partial charge in [-0.1, -0.05) is 13.3 Å². The molecule has 202 valence electrons. The maximum Gasteiger partial charge on any atom is 0.348 e. The van der Waals surface area contributed by atoms with Gasteiger partial charge in [0, 0.05) is 4.88 Å². The fourth-order valence-electron chi connectivity index (χ4n) is 5.33. The number of nitrogens with zero attached hydrogens (tertiary/aromatic N) is 2. The third-order valence-electron chi connectivity index (χ3n) is 7.40. The molecule has 2 aliphatic rings. The molecule has 2 aliphatic carbocycles. The zero-order valence-corrected chi connectivity index (χ0v) is 23.4. The Kier molecular flexibility index (Phi) is 7.67. The molecule has 3 aromatic rings. The number of carbonyl (C=O) groups excluding carboxylic acids is 3. The summed E-state index contributed by atoms with van der Waals surface area (Å²) in [6, 6.07) is 0. The second-order valence-electron chi connectivity index (χ2n) is 10.2. The zero-order chi connectivity index (χ0) is 27.0. The number of methoxy groups -OCH3 is 1. The number of carbonyl (C=O) groups is 3. The highest BCUT2D eigenvalue weighted by atomic mass is 32.1. The Hall–Kier alpha value is -3.05. The number of thiophene rings is 2. The Morgan fingerprint density at radius 1 is 1.13 bits per heavy atom. The minimum absolute atomic E-state index is 0.0878. The van der Waals surface area contributed by atoms with Gasteiger partial charge in [0.15, 0.2) is 0 Å². The van der Waals surface area contributed by atoms with Crippen LogP contribution >= 0.6 is 22.7 Å². The van der Waals surface area contributed by atoms with E-state index in [0.29, 0.717) is 37.1 Å². The molecule has 1 unspecified atom stereocenters. The van der Waals surface area contributed by atoms with E-state index in [0.717, 1.165) is 73.1 Å². The molecular weight excluding hydrogens is 526 g/mol. The Labute approximate surface area is 228 Å². The minimum Gasteiger partial charge on any atom is -0.465 e. The summed E-state index contributed by atoms with van der Waals surface area (Å²) in [5.41, 5.74) is 1.47. The van der Waals surface area contributed by atoms with Crippen LogP contribution in [0.4, 0.5) is 5.00 Å². The van der Waals surface area contributed by atoms with Gasteiger partial charge in [-0.05, 0) is 68.9 Å². The molecule has 3 heterocycles. The summed E-state index contributed by atoms with van der Waals surface area (Å²) in [4.78, 5) is 58.0. The van der Waals surface area contributed by atoms with E-state index in [4.69, 9.17) is 9.47 Å². The van der Waals surface area contributed by atoms with Crippen LogP contribution < -0.4 is 10.9 Å². The van der Waals surface area contributed by atoms with Crippen molar-refractivity contribution in [3.05, 3.63) is 43.1 Å². The van der Waals surface area contributed by atoms with Gasteiger partial charge in [-0.25, -0.2) is 14.6 Å². The standard InChI is InChI=1S/C27H31N3O6S2/c1-14-9-10-17-18(11-14)37-24(21(17)26(33)35-3)29-19(31)12-30-13-28-23-20(25(30)32)15(2)22(38-23)27(34)36-16-7-5-4-6-8-16/h13-14,16H,4-12H2,1-3H3,(H,29,31). The molecular formula is C27H31N3O6S2. The third kappa shape index (κ3) is 5.13. The number of hydrogen-bond donors (Lipinski definition) is 1. The molecule has 0 spiro atoms. The van der Waals surface area contributed by atoms with Crippen LogP contribution in [0, 0.1) is 12.8 Å². The first-order valence-electron chi connectivity index (χ1n) is 13.0. The van der Waals surface area contributed by atoms with Crippen molar-refractivity contribution in [2.75, 3.05) is 12.4 Å². The van der Waals surface area contributed by atoms with Gasteiger partial charge in [-0.15, -0.1) is 22.7 Å². The number of anilines is 1. The Morgan fingerprint density at radius 3 is 2.63 bits per heavy atom. The molecule has 0 radical (unpaired) electrons. The average molecular weight is 558 g/mol. The van der Waals surface area contributed by atoms with E-state index < -0.39 is 23.4 Å². The quantitative estimate of drug-likeness (QED) is 0.430. The first-order valence-corrected chi connectivity index (χ1v) is 14.6. The summed E-state index contributed by atoms with van der Waals surface area (Å²) in [6.45, 7) is 3.60. The maximum absolute atomic E-state index is 13.3. The monoisotopic (exact) mass is 557 g/mol. The van der Waals surface area contributed by atoms with Crippen LogP contribution in [0.25, 0.3) is 10.2 Å². The van der Waals surface area contributed by atoms with E-state index in [1.807, 2.05) is 0 Å². The molecule has 9 nitrogen and oxygen atoms in total. The SMILES string of the molecule is COC(=O)c1c(NC(=O)Cn2cnc3sc(C(=O)OC4CCCCC4)c(C)c3c2=O)sc2c1CCC(C)C2. The summed E-state index contributed by atoms with van der Waals surface area (Å²) >= 11 is 2.53. The second kappa shape index (κ2) is 11.0. The summed E-state index contributed by atoms with van der Waals surface area (Å²) in [6.07, 6.45) is 8.79. The maximum atomic E-state index is 13.3. The molecule has 11 heteroatoms. The van der Waals surface area contributed by atoms with Crippen molar-refractivity contribution in [2.24, 2.45) is 5.92 Å². The molecule has 1 N–H and O–H groups in total. The van der Waals surface area contributed by atoms with Gasteiger partial charge in [0.05, 0.1) is 24.4 Å². The van der Waals surface area contributed by atoms with Crippen molar-refractivity contribution in [1.29, 1.82) is 0 Å². The average Bonchev–Trinajstić information content (AvgIpc) is 3.42. The van der Waals surface area contributed by atoms with E-state index >= 15 is 0 Å². The van der Waals surface area contributed by atoms with Crippen LogP contribution in [0.1, 0.15) is 81.5 Å². The van der Waals surface area contributed by atoms with Crippen molar-refractivity contribution in [3.8, 4) is 0 Å². The van der Waals surface area contributed by atoms with Crippen molar-refractivity contribution >= 4 is 55.7 Å². The normalized spacial score (nSPS) is 17.7. The Morgan fingerprint density at radius 2 is 1.89 bits per heavy atom. The number of nitrogens with one attached hydrogen (secondary N) is 1. The van der Waals surface area contributed by atoms with Crippen LogP contribution in [0.2, 0.25) is 0 Å². The number of fused-ring (bicyclic) bond motifs is 2. The van der Waals surface area contributed by atoms with E-state index in [1.54, 1.807) is 6.92 Å². The Bertz CT molecular complexity index is 1460. The van der Waals surface area contributed by atoms with Gasteiger partial charge in [-0.3, -0.25) is 14.2 Å². The topological polar surface area (TPSA) is 117 Å². The highest BCUT2D eigenvalue weighted by molar-refractivity contribution is 7.20. The van der Waals surface area contributed by atoms with Crippen LogP contribution in [-0.4, -0.2) is 40.6 Å². The first-order chi connectivity index (χ1) is 18.3. The number of hydrogen-bond acceptors (Lipinski definition) is 9. The summed E-state index contributed by atoms with van der Waals surface area (Å²) in [5, 5.41) is 3.59. The molecule has 1 atom stereocenters. The lowest BCUT2D eigenvalue weighted by atomic mass is 9.88. The predicted molar refractivity (Wildman–Crippen MR) is 146 cm³/mol. The van der Waals surface area contributed by atoms with Gasteiger partial charge in [0.2, 0.25) is 5.91 Å². The summed E-state index contributed by atoms with van der Waals surface area (Å²) in [7, 11) is 1.33. The lowest BCUT2D eigenvalue weighted by molar-refractivity contribution is -0.116. The number of esters is 2. The molecule has 3 aromatic heterocycles. The van der Waals surface area contributed by atoms with E-state index in [9.17, 15) is 19.2 Å². The van der Waals surface area contributed by atoms with Gasteiger partial charge in [-0.2, -0.15) is 0 Å². The van der Waals surface area contributed by atoms with Gasteiger partial charge in [0.25, 0.3) is 5.56 Å². The number of amides is 1. The summed E-state index contributed by atoms with van der Waals surface area (Å²) in [5.74, 6) is -0.846. The van der Waals surface area contributed by atoms with Crippen LogP contribution in [0.3, 0.4) is 0 Å². The highest BCUT2D eigenvalue weighted by Gasteiger charge is 2.29. The van der Waals surface area contributed by atoms with Crippen LogP contribution in [0.15, 0.2) is 11.1 Å². The lowest BCUT2D eigenvalue weighted by Gasteiger charge is -2.21. The van der Waals surface area contributed by atoms with E-state index in [-0.39, 0.29) is 12.6 Å². The second-order valence-corrected chi connectivity index (χ2v) is 12.3. The number of aromatic nitrogens is 2. The molecule has 1 fully saturated rings. The molecule has 0 saturated heterocycles. The fourth-order valence-corrected chi connectivity index (χ4v) is 7.77. The lowest BCUT2D eigenvalue weighted by Crippen LogP contribution is -2.28. The molecule has 1 saturated carbocycles. The molecule has 1 amide bonds. The molecule has 0 aliphatic heterocycles. The molecule has 5 rings (SSSR count). The largest absolute Gasteiger partial charge is 0.465 e. The third-order valence-corrected chi connectivity index (χ3v) is 9.75.